The van der Waals surface area contributed by atoms with Crippen LogP contribution in [-0.4, -0.2) is 69.0 Å². The molecule has 4 fully saturated rings. The smallest absolute Gasteiger partial charge is 0.115 e. The lowest BCUT2D eigenvalue weighted by molar-refractivity contribution is 0.174. The summed E-state index contributed by atoms with van der Waals surface area (Å²) in [5.74, 6) is 14.2. The number of allylic oxidation sites excluding steroid dienone is 2. The van der Waals surface area contributed by atoms with Gasteiger partial charge >= 0.3 is 0 Å². The van der Waals surface area contributed by atoms with Crippen molar-refractivity contribution in [3.63, 3.8) is 0 Å². The van der Waals surface area contributed by atoms with E-state index in [-0.39, 0.29) is 25.4 Å². The Morgan fingerprint density at radius 2 is 0.914 bits per heavy atom. The molecule has 9 aromatic carbocycles. The van der Waals surface area contributed by atoms with Crippen LogP contribution in [0.4, 0.5) is 11.4 Å². The van der Waals surface area contributed by atoms with E-state index in [2.05, 4.69) is 219 Å². The number of piperidine rings is 2. The molecule has 0 bridgehead atoms. The number of aromatic hydroxyl groups is 1. The van der Waals surface area contributed by atoms with E-state index in [1.807, 2.05) is 95.7 Å². The maximum Gasteiger partial charge on any atom is 0.115 e. The zero-order valence-corrected chi connectivity index (χ0v) is 88.3. The number of nitrogen functional groups attached to an aromatic ring is 1. The fourth-order valence-electron chi connectivity index (χ4n) is 26.1. The number of aliphatic hydroxyl groups is 4. The van der Waals surface area contributed by atoms with Gasteiger partial charge in [0.1, 0.15) is 5.75 Å². The van der Waals surface area contributed by atoms with Gasteiger partial charge in [0.2, 0.25) is 0 Å². The molecule has 750 valence electrons. The Morgan fingerprint density at radius 3 is 1.50 bits per heavy atom. The molecule has 17 unspecified atom stereocenters. The first kappa shape index (κ1) is 106. The lowest BCUT2D eigenvalue weighted by Gasteiger charge is -2.27. The highest BCUT2D eigenvalue weighted by Gasteiger charge is 2.36. The number of pyridine rings is 1. The molecule has 0 radical (unpaired) electrons. The molecule has 11 heteroatoms. The molecule has 10 nitrogen and oxygen atoms in total. The Hall–Kier alpha value is -8.62. The number of thioether (sulfide) groups is 1. The topological polar surface area (TPSA) is 176 Å². The first-order chi connectivity index (χ1) is 68.0. The molecular weight excluding hydrogens is 1730 g/mol. The highest BCUT2D eigenvalue weighted by molar-refractivity contribution is 7.99. The fraction of sp³-hybridized carbons (Fsp3) is 0.527. The number of benzene rings is 9. The second-order valence-corrected chi connectivity index (χ2v) is 45.9. The van der Waals surface area contributed by atoms with Gasteiger partial charge < -0.3 is 47.2 Å². The Bertz CT molecular complexity index is 5400. The number of aryl methyl sites for hydroxylation is 5. The van der Waals surface area contributed by atoms with Crippen LogP contribution in [-0.2, 0) is 51.7 Å². The van der Waals surface area contributed by atoms with Crippen LogP contribution in [0, 0.1) is 23.7 Å². The molecule has 0 spiro atoms. The summed E-state index contributed by atoms with van der Waals surface area (Å²) >= 11 is 1.98. The zero-order chi connectivity index (χ0) is 98.3. The van der Waals surface area contributed by atoms with Crippen LogP contribution in [0.5, 0.6) is 5.75 Å². The maximum absolute atomic E-state index is 9.55. The van der Waals surface area contributed by atoms with Gasteiger partial charge in [-0.25, -0.2) is 0 Å². The summed E-state index contributed by atoms with van der Waals surface area (Å²) in [6.45, 7) is 33.6. The molecule has 2 saturated heterocycles. The molecular formula is C129H173N5O5S. The highest BCUT2D eigenvalue weighted by Crippen LogP contribution is 2.49. The van der Waals surface area contributed by atoms with E-state index in [4.69, 9.17) is 15.9 Å². The molecule has 1 aromatic heterocycles. The predicted molar refractivity (Wildman–Crippen MR) is 590 cm³/mol. The van der Waals surface area contributed by atoms with Gasteiger partial charge in [0.05, 0.1) is 25.4 Å². The number of nitrogens with zero attached hydrogens (tertiary/aromatic N) is 1. The van der Waals surface area contributed by atoms with Crippen molar-refractivity contribution in [2.24, 2.45) is 23.7 Å². The lowest BCUT2D eigenvalue weighted by Crippen LogP contribution is -2.28. The van der Waals surface area contributed by atoms with Crippen molar-refractivity contribution in [3.05, 3.63) is 334 Å². The number of nitrogens with two attached hydrogens (primary N) is 1. The fourth-order valence-corrected chi connectivity index (χ4v) is 27.4. The van der Waals surface area contributed by atoms with Gasteiger partial charge in [0.15, 0.2) is 0 Å². The van der Waals surface area contributed by atoms with E-state index < -0.39 is 0 Å². The summed E-state index contributed by atoms with van der Waals surface area (Å²) < 4.78 is 0. The molecule has 26 rings (SSSR count). The van der Waals surface area contributed by atoms with Crippen molar-refractivity contribution in [2.75, 3.05) is 49.5 Å². The minimum atomic E-state index is -0.221. The monoisotopic (exact) mass is 1900 g/mol. The molecule has 17 atom stereocenters. The van der Waals surface area contributed by atoms with Crippen molar-refractivity contribution in [2.45, 2.75) is 377 Å². The SMILES string of the molecule is CC1CC(O)c2ccccc21.CC1CC(O)c2ccccc21.CC1CCC2=C1CCCC2.CC1CCC2CCCCC12.CC1CCc2c(N)ccnc21.CC1CCc2cc(C3CCCNC3)ccc21.CC1CCc2cc(C3CCNCC3)ccc21.CC1CCc2cc(CO)ccc21.CC1CCc2cc(O)ccc21.CC1CCc2cccc(CO)c21.CC1CNc2ccccc21.CC1CSc2ccccc21. The van der Waals surface area contributed by atoms with E-state index in [9.17, 15) is 15.3 Å². The Morgan fingerprint density at radius 1 is 0.371 bits per heavy atom. The maximum atomic E-state index is 9.55. The molecule has 2 saturated carbocycles. The Labute approximate surface area is 848 Å². The van der Waals surface area contributed by atoms with Crippen LogP contribution < -0.4 is 21.7 Å². The number of hydrogen-bond acceptors (Lipinski definition) is 11. The molecule has 4 aliphatic heterocycles. The minimum absolute atomic E-state index is 0.168. The standard InChI is InChI=1S/2C15H21N.2C11H14O.3C10H12O.C10H18.C10H16.C9H12N2.C9H11N.C9H10S/c1-11-2-3-14-10-13(4-5-15(11)14)12-6-8-16-9-7-12;1-11-4-5-13-9-12(6-7-15(11)13)14-3-2-8-16-10-14;1-8-2-4-10-6-9(7-12)3-5-11(8)10;1-8-5-6-9-3-2-4-10(7-12)11(8)9;1-7-2-3-8-6-9(11)4-5-10(7)8;2*1-7-6-10(11)9-5-3-2-4-8(7)9;2*1-8-6-7-9-4-2-3-5-10(8)9;1-6-2-3-7-8(10)4-5-11-9(6)7;2*1-7-6-10-9-5-3-2-4-8(7)9/h4-5,10-12,16H,2-3,6-9H2,1H3;6-7,9,11,14,16H,2-5,8,10H2,1H3;3,5-6,8,12H,2,4,7H2,1H3;2-4,8,12H,5-7H2,1H3;4-7,11H,2-3H2,1H3;2*2-5,7,10-11H,6H2,1H3;8-10H,2-7H2,1H3;8H,2-7H2,1H3;4-6H,2-3H2,1H3,(H2,10,11);2-5,7,10H,6H2,1H3;2-5,7H,6H2,1H3. The molecule has 5 heterocycles. The number of rotatable bonds is 4. The predicted octanol–water partition coefficient (Wildman–Crippen LogP) is 31.1. The molecule has 10 N–H and O–H groups in total. The first-order valence-corrected chi connectivity index (χ1v) is 56.4. The number of aliphatic hydroxyl groups excluding tert-OH is 4. The van der Waals surface area contributed by atoms with E-state index in [0.29, 0.717) is 47.2 Å². The Balaban J connectivity index is 0.000000116. The number of anilines is 2. The number of para-hydroxylation sites is 1. The largest absolute Gasteiger partial charge is 0.508 e. The van der Waals surface area contributed by atoms with Crippen LogP contribution in [0.3, 0.4) is 0 Å². The summed E-state index contributed by atoms with van der Waals surface area (Å²) in [5, 5.41) is 56.6. The zero-order valence-electron chi connectivity index (χ0n) is 87.5. The summed E-state index contributed by atoms with van der Waals surface area (Å²) in [6, 6.07) is 68.2. The van der Waals surface area contributed by atoms with E-state index in [0.717, 1.165) is 113 Å². The van der Waals surface area contributed by atoms with Gasteiger partial charge in [-0.2, -0.15) is 0 Å². The number of aromatic nitrogens is 1. The van der Waals surface area contributed by atoms with E-state index in [1.54, 1.807) is 64.9 Å². The number of phenols is 1. The number of phenolic OH excluding ortho intramolecular Hbond substituents is 1. The number of hydrogen-bond donors (Lipinski definition) is 9. The average Bonchev–Trinajstić information content (AvgIpc) is 1.61. The van der Waals surface area contributed by atoms with E-state index in [1.165, 1.54) is 257 Å². The van der Waals surface area contributed by atoms with Gasteiger partial charge in [-0.1, -0.05) is 284 Å². The molecule has 140 heavy (non-hydrogen) atoms. The van der Waals surface area contributed by atoms with Gasteiger partial charge in [-0.05, 0) is 423 Å². The first-order valence-electron chi connectivity index (χ1n) is 55.4. The van der Waals surface area contributed by atoms with Crippen LogP contribution >= 0.6 is 11.8 Å². The Kier molecular flexibility index (Phi) is 39.1. The van der Waals surface area contributed by atoms with Crippen molar-refractivity contribution in [1.82, 2.24) is 15.6 Å². The second kappa shape index (κ2) is 51.7. The normalized spacial score (nSPS) is 26.6. The lowest BCUT2D eigenvalue weighted by atomic mass is 9.79. The van der Waals surface area contributed by atoms with Gasteiger partial charge in [-0.3, -0.25) is 4.98 Å². The van der Waals surface area contributed by atoms with Crippen molar-refractivity contribution in [1.29, 1.82) is 0 Å². The second-order valence-electron chi connectivity index (χ2n) is 44.8. The number of fused-ring (bicyclic) bond motifs is 11. The van der Waals surface area contributed by atoms with Gasteiger partial charge in [-0.15, -0.1) is 11.8 Å². The van der Waals surface area contributed by atoms with Crippen molar-refractivity contribution >= 4 is 23.1 Å². The summed E-state index contributed by atoms with van der Waals surface area (Å²) in [6.07, 6.45) is 41.2. The highest BCUT2D eigenvalue weighted by atomic mass is 32.2. The van der Waals surface area contributed by atoms with Crippen LogP contribution in [0.2, 0.25) is 0 Å². The van der Waals surface area contributed by atoms with Crippen LogP contribution in [0.15, 0.2) is 216 Å². The molecule has 16 aliphatic rings. The average molecular weight is 1910 g/mol. The quantitative estimate of drug-likeness (QED) is 0.0767. The van der Waals surface area contributed by atoms with Crippen molar-refractivity contribution < 1.29 is 25.5 Å². The van der Waals surface area contributed by atoms with Gasteiger partial charge in [0, 0.05) is 52.9 Å². The third kappa shape index (κ3) is 27.3. The number of nitrogens with one attached hydrogen (secondary N) is 3. The van der Waals surface area contributed by atoms with Crippen LogP contribution in [0.25, 0.3) is 0 Å². The molecule has 0 amide bonds. The molecule has 12 aliphatic carbocycles. The van der Waals surface area contributed by atoms with Crippen LogP contribution in [0.1, 0.15) is 443 Å². The van der Waals surface area contributed by atoms with Gasteiger partial charge in [0.25, 0.3) is 0 Å². The summed E-state index contributed by atoms with van der Waals surface area (Å²) in [7, 11) is 0. The van der Waals surface area contributed by atoms with Crippen molar-refractivity contribution in [3.8, 4) is 5.75 Å². The minimum Gasteiger partial charge on any atom is -0.508 e. The van der Waals surface area contributed by atoms with E-state index >= 15 is 0 Å². The third-order valence-electron chi connectivity index (χ3n) is 34.9. The third-order valence-corrected chi connectivity index (χ3v) is 36.3. The summed E-state index contributed by atoms with van der Waals surface area (Å²) in [4.78, 5) is 5.80. The summed E-state index contributed by atoms with van der Waals surface area (Å²) in [5.41, 5.74) is 42.4. The molecule has 10 aromatic rings.